The first-order valence-electron chi connectivity index (χ1n) is 16.9. The number of phosphoric acid groups is 1. The summed E-state index contributed by atoms with van der Waals surface area (Å²) in [5.74, 6) is -4.34. The Labute approximate surface area is 301 Å². The van der Waals surface area contributed by atoms with Gasteiger partial charge in [-0.2, -0.15) is 0 Å². The first-order valence-corrected chi connectivity index (χ1v) is 18.4. The number of hydrogen-bond acceptors (Lipinski definition) is 9. The molecule has 19 heteroatoms. The summed E-state index contributed by atoms with van der Waals surface area (Å²) >= 11 is 0. The summed E-state index contributed by atoms with van der Waals surface area (Å²) < 4.78 is 17.6. The summed E-state index contributed by atoms with van der Waals surface area (Å²) in [7, 11) is -5.05. The summed E-state index contributed by atoms with van der Waals surface area (Å²) in [6.45, 7) is 8.35. The lowest BCUT2D eigenvalue weighted by atomic mass is 10.0. The molecule has 6 amide bonds. The van der Waals surface area contributed by atoms with Crippen molar-refractivity contribution in [2.24, 2.45) is 11.7 Å². The first-order chi connectivity index (χ1) is 24.4. The highest BCUT2D eigenvalue weighted by atomic mass is 31.2. The summed E-state index contributed by atoms with van der Waals surface area (Å²) in [4.78, 5) is 102. The number of nitrogens with zero attached hydrogens (tertiary/aromatic N) is 3. The quantitative estimate of drug-likeness (QED) is 0.0954. The van der Waals surface area contributed by atoms with Crippen molar-refractivity contribution in [3.63, 3.8) is 0 Å². The van der Waals surface area contributed by atoms with E-state index >= 15 is 0 Å². The van der Waals surface area contributed by atoms with Crippen LogP contribution >= 0.6 is 7.82 Å². The Morgan fingerprint density at radius 3 is 2.21 bits per heavy atom. The Morgan fingerprint density at radius 2 is 1.62 bits per heavy atom. The molecule has 0 bridgehead atoms. The van der Waals surface area contributed by atoms with Crippen LogP contribution in [0.2, 0.25) is 0 Å². The van der Waals surface area contributed by atoms with Crippen LogP contribution in [0.1, 0.15) is 65.1 Å². The van der Waals surface area contributed by atoms with Gasteiger partial charge in [-0.25, -0.2) is 9.55 Å². The van der Waals surface area contributed by atoms with E-state index in [1.54, 1.807) is 10.9 Å². The first kappa shape index (κ1) is 41.8. The fraction of sp³-hybridized carbons (Fsp3) is 0.545. The molecule has 1 aliphatic rings. The van der Waals surface area contributed by atoms with Gasteiger partial charge in [-0.05, 0) is 44.6 Å². The van der Waals surface area contributed by atoms with Gasteiger partial charge in [-0.15, -0.1) is 0 Å². The highest BCUT2D eigenvalue weighted by molar-refractivity contribution is 7.46. The standard InChI is InChI=1S/C33H49N8O10P/c1-19(2)14-25(38-33(47)27-12-9-13-41(27)22(5)42)32(46)37-26(15-24-16-35-18-40(24)17-23-10-7-6-8-11-23)31(45)36-20(3)30(44)39-28(29(34)43)21(4)51-52(48,49)50/h6-8,10-11,16,18-21,25-28H,9,12-15,17H2,1-5H3,(H2,34,43)(H,36,45)(H,37,46)(H,38,47)(H,39,44)(H2,48,49,50). The molecule has 6 atom stereocenters. The van der Waals surface area contributed by atoms with Crippen LogP contribution in [0, 0.1) is 5.92 Å². The number of rotatable bonds is 18. The van der Waals surface area contributed by atoms with Crippen molar-refractivity contribution < 1.29 is 47.6 Å². The van der Waals surface area contributed by atoms with Gasteiger partial charge in [0.1, 0.15) is 30.2 Å². The van der Waals surface area contributed by atoms with E-state index in [0.29, 0.717) is 31.6 Å². The molecule has 2 aromatic rings. The Kier molecular flexibility index (Phi) is 15.0. The second kappa shape index (κ2) is 18.7. The molecular weight excluding hydrogens is 699 g/mol. The number of amides is 6. The fourth-order valence-corrected chi connectivity index (χ4v) is 6.43. The SMILES string of the molecule is CC(=O)N1CCCC1C(=O)NC(CC(C)C)C(=O)NC(Cc1cncn1Cc1ccccc1)C(=O)NC(C)C(=O)NC(C(N)=O)C(C)OP(=O)(O)O. The van der Waals surface area contributed by atoms with E-state index in [1.807, 2.05) is 44.2 Å². The Balaban J connectivity index is 1.85. The highest BCUT2D eigenvalue weighted by Gasteiger charge is 2.37. The molecule has 52 heavy (non-hydrogen) atoms. The van der Waals surface area contributed by atoms with Gasteiger partial charge < -0.3 is 46.3 Å². The lowest BCUT2D eigenvalue weighted by Gasteiger charge is -2.28. The number of benzene rings is 1. The predicted molar refractivity (Wildman–Crippen MR) is 187 cm³/mol. The van der Waals surface area contributed by atoms with Crippen LogP contribution in [0.25, 0.3) is 0 Å². The van der Waals surface area contributed by atoms with E-state index in [4.69, 9.17) is 15.5 Å². The summed E-state index contributed by atoms with van der Waals surface area (Å²) in [6.07, 6.45) is 2.80. The Bertz CT molecular complexity index is 1630. The van der Waals surface area contributed by atoms with Crippen molar-refractivity contribution in [1.82, 2.24) is 35.7 Å². The number of hydrogen-bond donors (Lipinski definition) is 7. The molecule has 2 heterocycles. The van der Waals surface area contributed by atoms with Crippen LogP contribution in [0.3, 0.4) is 0 Å². The molecule has 18 nitrogen and oxygen atoms in total. The number of phosphoric ester groups is 1. The maximum Gasteiger partial charge on any atom is 0.469 e. The minimum absolute atomic E-state index is 0.0537. The molecule has 1 saturated heterocycles. The van der Waals surface area contributed by atoms with Crippen molar-refractivity contribution in [2.75, 3.05) is 6.54 Å². The third-order valence-corrected chi connectivity index (χ3v) is 9.08. The lowest BCUT2D eigenvalue weighted by Crippen LogP contribution is -2.59. The predicted octanol–water partition coefficient (Wildman–Crippen LogP) is -0.527. The van der Waals surface area contributed by atoms with Gasteiger partial charge in [0.15, 0.2) is 0 Å². The van der Waals surface area contributed by atoms with Crippen molar-refractivity contribution in [1.29, 1.82) is 0 Å². The topological polar surface area (TPSA) is 264 Å². The number of likely N-dealkylation sites (tertiary alicyclic amines) is 1. The van der Waals surface area contributed by atoms with Gasteiger partial charge in [0.05, 0.1) is 12.4 Å². The average molecular weight is 749 g/mol. The fourth-order valence-electron chi connectivity index (χ4n) is 5.87. The molecule has 1 aromatic heterocycles. The number of carbonyl (C=O) groups excluding carboxylic acids is 6. The molecular formula is C33H49N8O10P. The van der Waals surface area contributed by atoms with Gasteiger partial charge in [0, 0.05) is 38.3 Å². The van der Waals surface area contributed by atoms with E-state index in [-0.39, 0.29) is 24.7 Å². The van der Waals surface area contributed by atoms with Crippen LogP contribution in [0.5, 0.6) is 0 Å². The van der Waals surface area contributed by atoms with Crippen LogP contribution < -0.4 is 27.0 Å². The number of primary amides is 1. The molecule has 6 unspecified atom stereocenters. The van der Waals surface area contributed by atoms with E-state index in [0.717, 1.165) is 12.5 Å². The largest absolute Gasteiger partial charge is 0.469 e. The zero-order valence-electron chi connectivity index (χ0n) is 29.9. The summed E-state index contributed by atoms with van der Waals surface area (Å²) in [5.41, 5.74) is 6.84. The molecule has 3 rings (SSSR count). The molecule has 1 fully saturated rings. The van der Waals surface area contributed by atoms with E-state index in [1.165, 1.54) is 24.9 Å². The van der Waals surface area contributed by atoms with Crippen molar-refractivity contribution in [3.05, 3.63) is 54.1 Å². The monoisotopic (exact) mass is 748 g/mol. The van der Waals surface area contributed by atoms with Gasteiger partial charge >= 0.3 is 7.82 Å². The normalized spacial score (nSPS) is 17.4. The summed E-state index contributed by atoms with van der Waals surface area (Å²) in [5, 5.41) is 10.2. The van der Waals surface area contributed by atoms with E-state index < -0.39 is 73.7 Å². The van der Waals surface area contributed by atoms with Gasteiger partial charge in [-0.1, -0.05) is 44.2 Å². The van der Waals surface area contributed by atoms with Crippen LogP contribution in [0.15, 0.2) is 42.9 Å². The molecule has 1 aliphatic heterocycles. The molecule has 0 radical (unpaired) electrons. The molecule has 8 N–H and O–H groups in total. The molecule has 0 saturated carbocycles. The van der Waals surface area contributed by atoms with Crippen LogP contribution in [-0.4, -0.2) is 103 Å². The third kappa shape index (κ3) is 12.5. The number of carbonyl (C=O) groups is 6. The molecule has 286 valence electrons. The smallest absolute Gasteiger partial charge is 0.368 e. The molecule has 0 spiro atoms. The zero-order chi connectivity index (χ0) is 38.7. The number of aromatic nitrogens is 2. The molecule has 0 aliphatic carbocycles. The minimum Gasteiger partial charge on any atom is -0.368 e. The Hall–Kier alpha value is -4.64. The number of nitrogens with two attached hydrogens (primary N) is 1. The minimum atomic E-state index is -5.05. The van der Waals surface area contributed by atoms with Crippen molar-refractivity contribution in [3.8, 4) is 0 Å². The van der Waals surface area contributed by atoms with Crippen molar-refractivity contribution >= 4 is 43.3 Å². The highest BCUT2D eigenvalue weighted by Crippen LogP contribution is 2.38. The second-order valence-corrected chi connectivity index (χ2v) is 14.4. The van der Waals surface area contributed by atoms with Crippen LogP contribution in [0.4, 0.5) is 0 Å². The molecule has 1 aromatic carbocycles. The number of nitrogens with one attached hydrogen (secondary N) is 4. The Morgan fingerprint density at radius 1 is 0.962 bits per heavy atom. The van der Waals surface area contributed by atoms with Crippen molar-refractivity contribution in [2.45, 2.75) is 103 Å². The maximum atomic E-state index is 13.9. The average Bonchev–Trinajstić information content (AvgIpc) is 3.72. The number of imidazole rings is 1. The maximum absolute atomic E-state index is 13.9. The summed E-state index contributed by atoms with van der Waals surface area (Å²) in [6, 6.07) is 3.35. The van der Waals surface area contributed by atoms with Gasteiger partial charge in [0.25, 0.3) is 0 Å². The van der Waals surface area contributed by atoms with Gasteiger partial charge in [-0.3, -0.25) is 33.3 Å². The zero-order valence-corrected chi connectivity index (χ0v) is 30.7. The lowest BCUT2D eigenvalue weighted by molar-refractivity contribution is -0.138. The van der Waals surface area contributed by atoms with E-state index in [2.05, 4.69) is 30.8 Å². The second-order valence-electron chi connectivity index (χ2n) is 13.2. The third-order valence-electron chi connectivity index (χ3n) is 8.47. The van der Waals surface area contributed by atoms with Crippen LogP contribution in [-0.2, 0) is 50.8 Å². The van der Waals surface area contributed by atoms with E-state index in [9.17, 15) is 33.3 Å². The van der Waals surface area contributed by atoms with Gasteiger partial charge in [0.2, 0.25) is 35.4 Å².